The third kappa shape index (κ3) is 2.70. The second kappa shape index (κ2) is 5.38. The van der Waals surface area contributed by atoms with Crippen LogP contribution in [0.2, 0.25) is 0 Å². The Morgan fingerprint density at radius 1 is 1.50 bits per heavy atom. The van der Waals surface area contributed by atoms with Crippen molar-refractivity contribution in [2.45, 2.75) is 6.54 Å². The average Bonchev–Trinajstić information content (AvgIpc) is 2.91. The molecule has 0 radical (unpaired) electrons. The van der Waals surface area contributed by atoms with Gasteiger partial charge < -0.3 is 4.90 Å². The SMILES string of the molecule is CN(Cc1cscn1)C(=O)c1ccc(C#N)cn1. The lowest BCUT2D eigenvalue weighted by molar-refractivity contribution is 0.0778. The molecule has 0 spiro atoms. The van der Waals surface area contributed by atoms with E-state index in [0.29, 0.717) is 17.8 Å². The van der Waals surface area contributed by atoms with Crippen molar-refractivity contribution in [1.29, 1.82) is 5.26 Å². The molecule has 0 N–H and O–H groups in total. The number of nitriles is 1. The summed E-state index contributed by atoms with van der Waals surface area (Å²) in [7, 11) is 1.70. The minimum Gasteiger partial charge on any atom is -0.334 e. The third-order valence-electron chi connectivity index (χ3n) is 2.34. The maximum atomic E-state index is 12.0. The lowest BCUT2D eigenvalue weighted by Crippen LogP contribution is -2.27. The van der Waals surface area contributed by atoms with Crippen molar-refractivity contribution in [2.75, 3.05) is 7.05 Å². The second-order valence-electron chi connectivity index (χ2n) is 3.68. The Kier molecular flexibility index (Phi) is 3.65. The molecule has 0 aliphatic heterocycles. The number of hydrogen-bond donors (Lipinski definition) is 0. The van der Waals surface area contributed by atoms with E-state index in [2.05, 4.69) is 9.97 Å². The number of aromatic nitrogens is 2. The highest BCUT2D eigenvalue weighted by Crippen LogP contribution is 2.07. The van der Waals surface area contributed by atoms with E-state index in [0.717, 1.165) is 5.69 Å². The number of hydrogen-bond acceptors (Lipinski definition) is 5. The van der Waals surface area contributed by atoms with E-state index in [9.17, 15) is 4.79 Å². The summed E-state index contributed by atoms with van der Waals surface area (Å²) in [5.41, 5.74) is 3.35. The number of nitrogens with zero attached hydrogens (tertiary/aromatic N) is 4. The largest absolute Gasteiger partial charge is 0.334 e. The molecule has 5 nitrogen and oxygen atoms in total. The second-order valence-corrected chi connectivity index (χ2v) is 4.40. The van der Waals surface area contributed by atoms with Crippen LogP contribution in [0.5, 0.6) is 0 Å². The molecule has 0 saturated carbocycles. The number of rotatable bonds is 3. The Labute approximate surface area is 108 Å². The lowest BCUT2D eigenvalue weighted by Gasteiger charge is -2.15. The Morgan fingerprint density at radius 3 is 2.89 bits per heavy atom. The number of thiazole rings is 1. The van der Waals surface area contributed by atoms with Gasteiger partial charge in [0.15, 0.2) is 0 Å². The molecule has 0 unspecified atom stereocenters. The maximum Gasteiger partial charge on any atom is 0.272 e. The minimum atomic E-state index is -0.188. The van der Waals surface area contributed by atoms with Gasteiger partial charge in [-0.15, -0.1) is 11.3 Å². The van der Waals surface area contributed by atoms with Crippen LogP contribution in [0.15, 0.2) is 29.2 Å². The average molecular weight is 258 g/mol. The maximum absolute atomic E-state index is 12.0. The summed E-state index contributed by atoms with van der Waals surface area (Å²) < 4.78 is 0. The van der Waals surface area contributed by atoms with Crippen LogP contribution in [-0.4, -0.2) is 27.8 Å². The molecule has 2 aromatic rings. The summed E-state index contributed by atoms with van der Waals surface area (Å²) >= 11 is 1.49. The predicted octanol–water partition coefficient (Wildman–Crippen LogP) is 1.68. The lowest BCUT2D eigenvalue weighted by atomic mass is 10.2. The van der Waals surface area contributed by atoms with Crippen LogP contribution >= 0.6 is 11.3 Å². The summed E-state index contributed by atoms with van der Waals surface area (Å²) in [6.07, 6.45) is 1.39. The van der Waals surface area contributed by atoms with Crippen LogP contribution in [0.1, 0.15) is 21.7 Å². The molecule has 0 atom stereocenters. The molecule has 0 saturated heterocycles. The van der Waals surface area contributed by atoms with Gasteiger partial charge in [-0.2, -0.15) is 5.26 Å². The van der Waals surface area contributed by atoms with Crippen LogP contribution in [0.3, 0.4) is 0 Å². The Bertz CT molecular complexity index is 571. The molecule has 90 valence electrons. The zero-order chi connectivity index (χ0) is 13.0. The molecule has 0 bridgehead atoms. The van der Waals surface area contributed by atoms with Crippen molar-refractivity contribution in [2.24, 2.45) is 0 Å². The van der Waals surface area contributed by atoms with Gasteiger partial charge >= 0.3 is 0 Å². The highest BCUT2D eigenvalue weighted by atomic mass is 32.1. The van der Waals surface area contributed by atoms with Gasteiger partial charge in [-0.3, -0.25) is 4.79 Å². The Hall–Kier alpha value is -2.26. The first-order valence-corrected chi connectivity index (χ1v) is 6.13. The van der Waals surface area contributed by atoms with Crippen LogP contribution in [0, 0.1) is 11.3 Å². The zero-order valence-corrected chi connectivity index (χ0v) is 10.5. The van der Waals surface area contributed by atoms with Gasteiger partial charge in [0.1, 0.15) is 11.8 Å². The molecule has 2 aromatic heterocycles. The van der Waals surface area contributed by atoms with Gasteiger partial charge in [0.25, 0.3) is 5.91 Å². The normalized spacial score (nSPS) is 9.78. The Balaban J connectivity index is 2.08. The van der Waals surface area contributed by atoms with E-state index in [-0.39, 0.29) is 5.91 Å². The van der Waals surface area contributed by atoms with Crippen molar-refractivity contribution < 1.29 is 4.79 Å². The highest BCUT2D eigenvalue weighted by Gasteiger charge is 2.13. The van der Waals surface area contributed by atoms with E-state index < -0.39 is 0 Å². The fourth-order valence-electron chi connectivity index (χ4n) is 1.41. The van der Waals surface area contributed by atoms with Crippen LogP contribution in [-0.2, 0) is 6.54 Å². The van der Waals surface area contributed by atoms with Crippen molar-refractivity contribution in [3.63, 3.8) is 0 Å². The van der Waals surface area contributed by atoms with Crippen LogP contribution < -0.4 is 0 Å². The summed E-state index contributed by atoms with van der Waals surface area (Å²) in [6.45, 7) is 0.448. The number of pyridine rings is 1. The fourth-order valence-corrected chi connectivity index (χ4v) is 1.96. The first-order valence-electron chi connectivity index (χ1n) is 5.19. The monoisotopic (exact) mass is 258 g/mol. The smallest absolute Gasteiger partial charge is 0.272 e. The van der Waals surface area contributed by atoms with Gasteiger partial charge in [0, 0.05) is 18.6 Å². The molecular formula is C12H10N4OS. The van der Waals surface area contributed by atoms with E-state index in [1.54, 1.807) is 29.6 Å². The first kappa shape index (κ1) is 12.2. The van der Waals surface area contributed by atoms with Crippen molar-refractivity contribution in [3.8, 4) is 6.07 Å². The fraction of sp³-hybridized carbons (Fsp3) is 0.167. The van der Waals surface area contributed by atoms with Gasteiger partial charge in [-0.25, -0.2) is 9.97 Å². The molecule has 0 aliphatic carbocycles. The summed E-state index contributed by atoms with van der Waals surface area (Å²) in [4.78, 5) is 21.7. The van der Waals surface area contributed by atoms with E-state index in [1.165, 1.54) is 17.5 Å². The Morgan fingerprint density at radius 2 is 2.33 bits per heavy atom. The summed E-state index contributed by atoms with van der Waals surface area (Å²) in [5.74, 6) is -0.188. The molecular weight excluding hydrogens is 248 g/mol. The summed E-state index contributed by atoms with van der Waals surface area (Å²) in [5, 5.41) is 10.6. The van der Waals surface area contributed by atoms with Gasteiger partial charge in [-0.05, 0) is 12.1 Å². The third-order valence-corrected chi connectivity index (χ3v) is 2.98. The van der Waals surface area contributed by atoms with Crippen LogP contribution in [0.25, 0.3) is 0 Å². The van der Waals surface area contributed by atoms with E-state index in [1.807, 2.05) is 11.4 Å². The molecule has 0 fully saturated rings. The molecule has 2 heterocycles. The topological polar surface area (TPSA) is 69.9 Å². The quantitative estimate of drug-likeness (QED) is 0.839. The molecule has 0 aliphatic rings. The first-order chi connectivity index (χ1) is 8.70. The van der Waals surface area contributed by atoms with Gasteiger partial charge in [0.05, 0.1) is 23.3 Å². The number of carbonyl (C=O) groups is 1. The van der Waals surface area contributed by atoms with Gasteiger partial charge in [0.2, 0.25) is 0 Å². The van der Waals surface area contributed by atoms with E-state index >= 15 is 0 Å². The van der Waals surface area contributed by atoms with Crippen LogP contribution in [0.4, 0.5) is 0 Å². The zero-order valence-electron chi connectivity index (χ0n) is 9.70. The molecule has 1 amide bonds. The molecule has 6 heteroatoms. The highest BCUT2D eigenvalue weighted by molar-refractivity contribution is 7.07. The van der Waals surface area contributed by atoms with Gasteiger partial charge in [-0.1, -0.05) is 0 Å². The number of carbonyl (C=O) groups excluding carboxylic acids is 1. The minimum absolute atomic E-state index is 0.188. The molecule has 0 aromatic carbocycles. The standard InChI is InChI=1S/C12H10N4OS/c1-16(6-10-7-18-8-15-10)12(17)11-3-2-9(4-13)5-14-11/h2-3,5,7-8H,6H2,1H3. The predicted molar refractivity (Wildman–Crippen MR) is 66.9 cm³/mol. The van der Waals surface area contributed by atoms with E-state index in [4.69, 9.17) is 5.26 Å². The molecule has 2 rings (SSSR count). The summed E-state index contributed by atoms with van der Waals surface area (Å²) in [6, 6.07) is 5.10. The number of amides is 1. The van der Waals surface area contributed by atoms with Crippen molar-refractivity contribution in [3.05, 3.63) is 46.2 Å². The van der Waals surface area contributed by atoms with Crippen molar-refractivity contribution >= 4 is 17.2 Å². The van der Waals surface area contributed by atoms with Crippen molar-refractivity contribution in [1.82, 2.24) is 14.9 Å². The molecule has 18 heavy (non-hydrogen) atoms.